The van der Waals surface area contributed by atoms with Gasteiger partial charge in [0.25, 0.3) is 0 Å². The molecule has 1 heterocycles. The summed E-state index contributed by atoms with van der Waals surface area (Å²) in [6.07, 6.45) is 7.61. The van der Waals surface area contributed by atoms with Crippen molar-refractivity contribution >= 4 is 22.7 Å². The minimum absolute atomic E-state index is 1.21. The number of hydrogen-bond donors (Lipinski definition) is 0. The fraction of sp³-hybridized carbons (Fsp3) is 0.438. The van der Waals surface area contributed by atoms with Crippen LogP contribution in [0.2, 0.25) is 0 Å². The summed E-state index contributed by atoms with van der Waals surface area (Å²) >= 11 is 1.93. The number of unbranched alkanes of at least 4 members (excludes halogenated alkanes) is 3. The molecule has 0 amide bonds. The van der Waals surface area contributed by atoms with Gasteiger partial charge in [0.15, 0.2) is 23.8 Å². The first-order chi connectivity index (χ1) is 8.81. The van der Waals surface area contributed by atoms with E-state index in [1.54, 1.807) is 0 Å². The Hall–Kier alpha value is -1.02. The monoisotopic (exact) mass is 260 g/mol. The van der Waals surface area contributed by atoms with E-state index < -0.39 is 0 Å². The highest BCUT2D eigenvalue weighted by Gasteiger charge is 2.09. The molecule has 0 N–H and O–H groups in total. The minimum Gasteiger partial charge on any atom is -0.131 e. The molecule has 0 saturated heterocycles. The van der Waals surface area contributed by atoms with Gasteiger partial charge in [0.2, 0.25) is 0 Å². The molecule has 1 aromatic heterocycles. The lowest BCUT2D eigenvalue weighted by Crippen LogP contribution is -2.29. The summed E-state index contributed by atoms with van der Waals surface area (Å²) < 4.78 is 2.31. The molecule has 0 bridgehead atoms. The molecule has 0 aliphatic rings. The molecule has 0 radical (unpaired) electrons. The molecule has 2 heteroatoms. The average molecular weight is 260 g/mol. The van der Waals surface area contributed by atoms with Gasteiger partial charge in [-0.15, -0.1) is 3.97 Å². The number of hydrogen-bond acceptors (Lipinski definition) is 1. The molecular weight excluding hydrogens is 238 g/mol. The van der Waals surface area contributed by atoms with Crippen LogP contribution >= 0.6 is 11.9 Å². The summed E-state index contributed by atoms with van der Waals surface area (Å²) in [5, 5.41) is 2.65. The van der Waals surface area contributed by atoms with E-state index in [4.69, 9.17) is 0 Å². The van der Waals surface area contributed by atoms with Crippen LogP contribution < -0.4 is 3.97 Å². The van der Waals surface area contributed by atoms with Crippen LogP contribution in [0.15, 0.2) is 36.5 Å². The van der Waals surface area contributed by atoms with Crippen LogP contribution in [0.4, 0.5) is 0 Å². The molecule has 0 fully saturated rings. The van der Waals surface area contributed by atoms with E-state index in [2.05, 4.69) is 54.3 Å². The van der Waals surface area contributed by atoms with Crippen molar-refractivity contribution in [3.63, 3.8) is 0 Å². The molecule has 96 valence electrons. The highest BCUT2D eigenvalue weighted by molar-refractivity contribution is 7.92. The van der Waals surface area contributed by atoms with Gasteiger partial charge in [0.1, 0.15) is 0 Å². The zero-order chi connectivity index (χ0) is 12.8. The zero-order valence-electron chi connectivity index (χ0n) is 11.4. The Morgan fingerprint density at radius 2 is 1.83 bits per heavy atom. The molecule has 0 saturated carbocycles. The standard InChI is InChI=1S/C16H22NS/c1-3-4-5-8-11-18-17-13-16-10-7-6-9-15(16)12-14(17)2/h6-7,9-10,12-13H,3-5,8,11H2,1-2H3/q+1. The number of benzene rings is 1. The zero-order valence-corrected chi connectivity index (χ0v) is 12.2. The van der Waals surface area contributed by atoms with Crippen LogP contribution in [0.25, 0.3) is 10.8 Å². The van der Waals surface area contributed by atoms with Crippen LogP contribution in [0, 0.1) is 6.92 Å². The van der Waals surface area contributed by atoms with Crippen LogP contribution in [0.5, 0.6) is 0 Å². The molecule has 1 nitrogen and oxygen atoms in total. The molecule has 2 aromatic rings. The van der Waals surface area contributed by atoms with Crippen LogP contribution in [0.1, 0.15) is 38.3 Å². The summed E-state index contributed by atoms with van der Waals surface area (Å²) in [6.45, 7) is 4.45. The third-order valence-electron chi connectivity index (χ3n) is 3.19. The highest BCUT2D eigenvalue weighted by atomic mass is 32.2. The van der Waals surface area contributed by atoms with E-state index in [1.165, 1.54) is 47.9 Å². The first kappa shape index (κ1) is 13.4. The maximum Gasteiger partial charge on any atom is 0.193 e. The molecule has 18 heavy (non-hydrogen) atoms. The van der Waals surface area contributed by atoms with Crippen molar-refractivity contribution < 1.29 is 3.97 Å². The average Bonchev–Trinajstić information content (AvgIpc) is 2.39. The summed E-state index contributed by atoms with van der Waals surface area (Å²) in [4.78, 5) is 0. The van der Waals surface area contributed by atoms with E-state index in [0.717, 1.165) is 0 Å². The third kappa shape index (κ3) is 3.49. The maximum atomic E-state index is 2.31. The molecule has 0 spiro atoms. The van der Waals surface area contributed by atoms with E-state index in [9.17, 15) is 0 Å². The van der Waals surface area contributed by atoms with Gasteiger partial charge in [-0.3, -0.25) is 0 Å². The Labute approximate surface area is 114 Å². The first-order valence-electron chi connectivity index (χ1n) is 6.85. The number of pyridine rings is 1. The Morgan fingerprint density at radius 1 is 1.06 bits per heavy atom. The van der Waals surface area contributed by atoms with Gasteiger partial charge in [-0.05, 0) is 17.9 Å². The van der Waals surface area contributed by atoms with Crippen LogP contribution in [0.3, 0.4) is 0 Å². The van der Waals surface area contributed by atoms with Crippen molar-refractivity contribution in [1.82, 2.24) is 0 Å². The van der Waals surface area contributed by atoms with Gasteiger partial charge in [0, 0.05) is 18.4 Å². The second-order valence-corrected chi connectivity index (χ2v) is 5.82. The third-order valence-corrected chi connectivity index (χ3v) is 4.34. The molecule has 0 aliphatic carbocycles. The molecule has 0 atom stereocenters. The van der Waals surface area contributed by atoms with Gasteiger partial charge < -0.3 is 0 Å². The van der Waals surface area contributed by atoms with Gasteiger partial charge in [-0.25, -0.2) is 0 Å². The predicted octanol–water partition coefficient (Wildman–Crippen LogP) is 4.51. The number of aryl methyl sites for hydroxylation is 1. The van der Waals surface area contributed by atoms with Crippen molar-refractivity contribution in [3.8, 4) is 0 Å². The van der Waals surface area contributed by atoms with Gasteiger partial charge in [0.05, 0.1) is 5.75 Å². The molecule has 2 rings (SSSR count). The Morgan fingerprint density at radius 3 is 2.61 bits per heavy atom. The van der Waals surface area contributed by atoms with Gasteiger partial charge in [-0.2, -0.15) is 0 Å². The van der Waals surface area contributed by atoms with Crippen LogP contribution in [-0.4, -0.2) is 5.75 Å². The van der Waals surface area contributed by atoms with Gasteiger partial charge >= 0.3 is 0 Å². The molecule has 1 aromatic carbocycles. The van der Waals surface area contributed by atoms with E-state index in [0.29, 0.717) is 0 Å². The first-order valence-corrected chi connectivity index (χ1v) is 7.80. The second-order valence-electron chi connectivity index (χ2n) is 4.76. The SMILES string of the molecule is CCCCCCS[n+]1cc2ccccc2cc1C. The van der Waals surface area contributed by atoms with Crippen LogP contribution in [-0.2, 0) is 0 Å². The van der Waals surface area contributed by atoms with Crippen molar-refractivity contribution in [2.75, 3.05) is 5.75 Å². The summed E-state index contributed by atoms with van der Waals surface area (Å²) in [6, 6.07) is 10.8. The number of nitrogens with zero attached hydrogens (tertiary/aromatic N) is 1. The van der Waals surface area contributed by atoms with Gasteiger partial charge in [-0.1, -0.05) is 44.4 Å². The fourth-order valence-electron chi connectivity index (χ4n) is 2.11. The second kappa shape index (κ2) is 6.79. The lowest BCUT2D eigenvalue weighted by molar-refractivity contribution is -0.500. The lowest BCUT2D eigenvalue weighted by atomic mass is 10.1. The number of rotatable bonds is 6. The van der Waals surface area contributed by atoms with Crippen molar-refractivity contribution in [2.24, 2.45) is 0 Å². The summed E-state index contributed by atoms with van der Waals surface area (Å²) in [5.41, 5.74) is 1.33. The Kier molecular flexibility index (Phi) is 5.06. The van der Waals surface area contributed by atoms with Crippen molar-refractivity contribution in [2.45, 2.75) is 39.5 Å². The quantitative estimate of drug-likeness (QED) is 0.546. The lowest BCUT2D eigenvalue weighted by Gasteiger charge is -2.01. The van der Waals surface area contributed by atoms with Crippen molar-refractivity contribution in [3.05, 3.63) is 42.2 Å². The summed E-state index contributed by atoms with van der Waals surface area (Å²) in [7, 11) is 0. The minimum atomic E-state index is 1.21. The summed E-state index contributed by atoms with van der Waals surface area (Å²) in [5.74, 6) is 1.21. The fourth-order valence-corrected chi connectivity index (χ4v) is 3.08. The van der Waals surface area contributed by atoms with E-state index in [1.807, 2.05) is 11.9 Å². The number of fused-ring (bicyclic) bond motifs is 1. The normalized spacial score (nSPS) is 11.0. The molecular formula is C16H22NS+. The van der Waals surface area contributed by atoms with E-state index >= 15 is 0 Å². The Balaban J connectivity index is 2.01. The Bertz CT molecular complexity index is 507. The maximum absolute atomic E-state index is 2.31. The number of aromatic nitrogens is 1. The molecule has 0 unspecified atom stereocenters. The smallest absolute Gasteiger partial charge is 0.131 e. The molecule has 0 aliphatic heterocycles. The largest absolute Gasteiger partial charge is 0.193 e. The van der Waals surface area contributed by atoms with Crippen molar-refractivity contribution in [1.29, 1.82) is 0 Å². The van der Waals surface area contributed by atoms with E-state index in [-0.39, 0.29) is 0 Å². The topological polar surface area (TPSA) is 3.88 Å². The predicted molar refractivity (Wildman–Crippen MR) is 80.9 cm³/mol. The highest BCUT2D eigenvalue weighted by Crippen LogP contribution is 2.14.